The average molecular weight is 459 g/mol. The average Bonchev–Trinajstić information content (AvgIpc) is 3.48. The number of amides is 1. The topological polar surface area (TPSA) is 59.9 Å². The van der Waals surface area contributed by atoms with E-state index in [2.05, 4.69) is 71.5 Å². The van der Waals surface area contributed by atoms with Crippen molar-refractivity contribution in [1.29, 1.82) is 0 Å². The minimum absolute atomic E-state index is 0.0234. The number of hydrogen-bond donors (Lipinski definition) is 1. The largest absolute Gasteiger partial charge is 0.493 e. The fourth-order valence-corrected chi connectivity index (χ4v) is 3.97. The van der Waals surface area contributed by atoms with Crippen LogP contribution in [0.15, 0.2) is 46.0 Å². The van der Waals surface area contributed by atoms with Crippen LogP contribution in [-0.2, 0) is 10.2 Å². The number of carbonyl (C=O) groups excluding carboxylic acids is 1. The highest BCUT2D eigenvalue weighted by Crippen LogP contribution is 2.47. The molecule has 1 aliphatic carbocycles. The van der Waals surface area contributed by atoms with Crippen molar-refractivity contribution >= 4 is 28.1 Å². The van der Waals surface area contributed by atoms with Crippen molar-refractivity contribution < 1.29 is 14.3 Å². The van der Waals surface area contributed by atoms with Gasteiger partial charge in [0.05, 0.1) is 24.9 Å². The zero-order valence-corrected chi connectivity index (χ0v) is 19.0. The monoisotopic (exact) mass is 458 g/mol. The molecule has 0 aliphatic heterocycles. The summed E-state index contributed by atoms with van der Waals surface area (Å²) in [5.41, 5.74) is 6.09. The molecule has 0 unspecified atom stereocenters. The second-order valence-electron chi connectivity index (χ2n) is 8.29. The van der Waals surface area contributed by atoms with Crippen LogP contribution in [0.3, 0.4) is 0 Å². The summed E-state index contributed by atoms with van der Waals surface area (Å²) in [5, 5.41) is 4.11. The first-order valence-corrected chi connectivity index (χ1v) is 10.4. The van der Waals surface area contributed by atoms with Gasteiger partial charge in [0.1, 0.15) is 0 Å². The van der Waals surface area contributed by atoms with Crippen LogP contribution in [0.25, 0.3) is 0 Å². The molecule has 0 bridgehead atoms. The Morgan fingerprint density at radius 3 is 2.45 bits per heavy atom. The highest BCUT2D eigenvalue weighted by molar-refractivity contribution is 9.10. The quantitative estimate of drug-likeness (QED) is 0.488. The molecule has 0 spiro atoms. The summed E-state index contributed by atoms with van der Waals surface area (Å²) >= 11 is 3.45. The van der Waals surface area contributed by atoms with Crippen molar-refractivity contribution in [1.82, 2.24) is 5.43 Å². The predicted octanol–water partition coefficient (Wildman–Crippen LogP) is 5.02. The molecular weight excluding hydrogens is 432 g/mol. The van der Waals surface area contributed by atoms with E-state index >= 15 is 0 Å². The van der Waals surface area contributed by atoms with Gasteiger partial charge in [-0.2, -0.15) is 5.10 Å². The Hall–Kier alpha value is -2.34. The molecule has 5 nitrogen and oxygen atoms in total. The highest BCUT2D eigenvalue weighted by atomic mass is 79.9. The van der Waals surface area contributed by atoms with Gasteiger partial charge in [-0.25, -0.2) is 5.43 Å². The molecule has 29 heavy (non-hydrogen) atoms. The van der Waals surface area contributed by atoms with Gasteiger partial charge in [0.15, 0.2) is 11.5 Å². The van der Waals surface area contributed by atoms with E-state index in [1.54, 1.807) is 26.5 Å². The van der Waals surface area contributed by atoms with Gasteiger partial charge in [0, 0.05) is 5.92 Å². The normalized spacial score (nSPS) is 18.6. The summed E-state index contributed by atoms with van der Waals surface area (Å²) in [6.45, 7) is 6.60. The van der Waals surface area contributed by atoms with Gasteiger partial charge < -0.3 is 9.47 Å². The molecule has 1 fully saturated rings. The van der Waals surface area contributed by atoms with Crippen LogP contribution in [0, 0.1) is 5.92 Å². The standard InChI is InChI=1S/C23H27BrN2O3/c1-23(2,3)16-8-6-15(7-9-16)17-12-18(17)22(27)26-25-13-14-10-19(24)21(29-5)20(11-14)28-4/h6-11,13,17-18H,12H2,1-5H3,(H,26,27)/b25-13+/t17-,18-/m0/s1. The SMILES string of the molecule is COc1cc(/C=N/NC(=O)[C@H]2C[C@H]2c2ccc(C(C)(C)C)cc2)cc(Br)c1OC. The summed E-state index contributed by atoms with van der Waals surface area (Å²) in [6.07, 6.45) is 2.46. The zero-order valence-electron chi connectivity index (χ0n) is 17.5. The van der Waals surface area contributed by atoms with Crippen molar-refractivity contribution in [3.63, 3.8) is 0 Å². The van der Waals surface area contributed by atoms with Gasteiger partial charge in [-0.1, -0.05) is 45.0 Å². The van der Waals surface area contributed by atoms with E-state index in [1.165, 1.54) is 11.1 Å². The van der Waals surface area contributed by atoms with Crippen LogP contribution in [0.2, 0.25) is 0 Å². The van der Waals surface area contributed by atoms with Crippen LogP contribution < -0.4 is 14.9 Å². The summed E-state index contributed by atoms with van der Waals surface area (Å²) in [7, 11) is 3.16. The number of carbonyl (C=O) groups is 1. The molecule has 3 rings (SSSR count). The minimum atomic E-state index is -0.0503. The molecule has 2 aromatic carbocycles. The second kappa shape index (κ2) is 8.57. The van der Waals surface area contributed by atoms with Crippen molar-refractivity contribution in [3.8, 4) is 11.5 Å². The Kier molecular flexibility index (Phi) is 6.32. The van der Waals surface area contributed by atoms with Gasteiger partial charge in [-0.3, -0.25) is 4.79 Å². The van der Waals surface area contributed by atoms with E-state index in [0.717, 1.165) is 16.5 Å². The van der Waals surface area contributed by atoms with Crippen LogP contribution in [-0.4, -0.2) is 26.3 Å². The fourth-order valence-electron chi connectivity index (χ4n) is 3.35. The third kappa shape index (κ3) is 4.99. The van der Waals surface area contributed by atoms with Crippen molar-refractivity contribution in [2.45, 2.75) is 38.5 Å². The van der Waals surface area contributed by atoms with Gasteiger partial charge in [-0.15, -0.1) is 0 Å². The second-order valence-corrected chi connectivity index (χ2v) is 9.15. The maximum Gasteiger partial charge on any atom is 0.243 e. The Bertz CT molecular complexity index is 917. The third-order valence-electron chi connectivity index (χ3n) is 5.18. The molecule has 1 saturated carbocycles. The molecule has 2 atom stereocenters. The number of hydrogen-bond acceptors (Lipinski definition) is 4. The number of benzene rings is 2. The maximum atomic E-state index is 12.4. The van der Waals surface area contributed by atoms with Gasteiger partial charge in [-0.05, 0) is 62.5 Å². The summed E-state index contributed by atoms with van der Waals surface area (Å²) < 4.78 is 11.4. The first-order valence-electron chi connectivity index (χ1n) is 9.59. The zero-order chi connectivity index (χ0) is 21.2. The fraction of sp³-hybridized carbons (Fsp3) is 0.391. The number of hydrazone groups is 1. The lowest BCUT2D eigenvalue weighted by atomic mass is 9.86. The summed E-state index contributed by atoms with van der Waals surface area (Å²) in [5.74, 6) is 1.41. The van der Waals surface area contributed by atoms with Gasteiger partial charge in [0.2, 0.25) is 5.91 Å². The third-order valence-corrected chi connectivity index (χ3v) is 5.77. The van der Waals surface area contributed by atoms with Crippen LogP contribution in [0.4, 0.5) is 0 Å². The molecule has 1 aliphatic rings. The van der Waals surface area contributed by atoms with E-state index in [0.29, 0.717) is 11.5 Å². The molecule has 2 aromatic rings. The van der Waals surface area contributed by atoms with Gasteiger partial charge in [0.25, 0.3) is 0 Å². The van der Waals surface area contributed by atoms with Crippen molar-refractivity contribution in [2.75, 3.05) is 14.2 Å². The number of nitrogens with one attached hydrogen (secondary N) is 1. The van der Waals surface area contributed by atoms with Crippen molar-refractivity contribution in [3.05, 3.63) is 57.6 Å². The van der Waals surface area contributed by atoms with Gasteiger partial charge >= 0.3 is 0 Å². The minimum Gasteiger partial charge on any atom is -0.493 e. The lowest BCUT2D eigenvalue weighted by Gasteiger charge is -2.19. The molecule has 154 valence electrons. The molecule has 6 heteroatoms. The van der Waals surface area contributed by atoms with E-state index < -0.39 is 0 Å². The first-order chi connectivity index (χ1) is 13.7. The lowest BCUT2D eigenvalue weighted by molar-refractivity contribution is -0.122. The molecule has 1 amide bonds. The lowest BCUT2D eigenvalue weighted by Crippen LogP contribution is -2.20. The van der Waals surface area contributed by atoms with Crippen LogP contribution in [0.5, 0.6) is 11.5 Å². The van der Waals surface area contributed by atoms with E-state index in [1.807, 2.05) is 6.07 Å². The highest BCUT2D eigenvalue weighted by Gasteiger charge is 2.44. The molecule has 0 aromatic heterocycles. The first kappa shape index (κ1) is 21.4. The smallest absolute Gasteiger partial charge is 0.243 e. The number of nitrogens with zero attached hydrogens (tertiary/aromatic N) is 1. The number of halogens is 1. The summed E-state index contributed by atoms with van der Waals surface area (Å²) in [4.78, 5) is 12.4. The Morgan fingerprint density at radius 1 is 1.17 bits per heavy atom. The van der Waals surface area contributed by atoms with Crippen molar-refractivity contribution in [2.24, 2.45) is 11.0 Å². The molecule has 0 radical (unpaired) electrons. The Labute approximate surface area is 180 Å². The molecule has 0 heterocycles. The molecule has 0 saturated heterocycles. The number of rotatable bonds is 6. The summed E-state index contributed by atoms with van der Waals surface area (Å²) in [6, 6.07) is 12.3. The molecule has 1 N–H and O–H groups in total. The van der Waals surface area contributed by atoms with Crippen LogP contribution in [0.1, 0.15) is 49.8 Å². The van der Waals surface area contributed by atoms with E-state index in [9.17, 15) is 4.79 Å². The number of ether oxygens (including phenoxy) is 2. The van der Waals surface area contributed by atoms with E-state index in [-0.39, 0.29) is 23.2 Å². The van der Waals surface area contributed by atoms with Crippen LogP contribution >= 0.6 is 15.9 Å². The predicted molar refractivity (Wildman–Crippen MR) is 119 cm³/mol. The number of methoxy groups -OCH3 is 2. The maximum absolute atomic E-state index is 12.4. The molecular formula is C23H27BrN2O3. The Morgan fingerprint density at radius 2 is 1.86 bits per heavy atom. The van der Waals surface area contributed by atoms with E-state index in [4.69, 9.17) is 9.47 Å². The Balaban J connectivity index is 1.59.